The van der Waals surface area contributed by atoms with Crippen molar-refractivity contribution in [3.05, 3.63) is 59.8 Å². The number of nitrogens with zero attached hydrogens (tertiary/aromatic N) is 6. The van der Waals surface area contributed by atoms with Gasteiger partial charge in [-0.15, -0.1) is 0 Å². The van der Waals surface area contributed by atoms with E-state index in [9.17, 15) is 4.79 Å². The minimum absolute atomic E-state index is 0.00870. The molecule has 3 aromatic rings. The van der Waals surface area contributed by atoms with Gasteiger partial charge in [-0.2, -0.15) is 4.98 Å². The maximum absolute atomic E-state index is 12.9. The summed E-state index contributed by atoms with van der Waals surface area (Å²) >= 11 is 5.98. The Balaban J connectivity index is 1.52. The predicted molar refractivity (Wildman–Crippen MR) is 126 cm³/mol. The molecular weight excluding hydrogens is 426 g/mol. The fraction of sp³-hybridized carbons (Fsp3) is 0.391. The van der Waals surface area contributed by atoms with E-state index in [0.717, 1.165) is 11.4 Å². The number of amides is 2. The zero-order chi connectivity index (χ0) is 22.8. The van der Waals surface area contributed by atoms with Gasteiger partial charge in [0.25, 0.3) is 0 Å². The molecule has 2 atom stereocenters. The van der Waals surface area contributed by atoms with E-state index in [0.29, 0.717) is 35.8 Å². The third kappa shape index (κ3) is 4.41. The first kappa shape index (κ1) is 22.1. The molecule has 1 fully saturated rings. The number of carbonyl (C=O) groups is 1. The van der Waals surface area contributed by atoms with Crippen LogP contribution < -0.4 is 10.2 Å². The van der Waals surface area contributed by atoms with Gasteiger partial charge in [0.2, 0.25) is 5.95 Å². The molecule has 168 valence electrons. The Morgan fingerprint density at radius 2 is 1.91 bits per heavy atom. The van der Waals surface area contributed by atoms with Gasteiger partial charge >= 0.3 is 6.03 Å². The number of imidazole rings is 1. The van der Waals surface area contributed by atoms with Crippen LogP contribution in [0.15, 0.2) is 49.1 Å². The molecule has 1 unspecified atom stereocenters. The predicted octanol–water partition coefficient (Wildman–Crippen LogP) is 4.78. The second-order valence-electron chi connectivity index (χ2n) is 8.29. The van der Waals surface area contributed by atoms with Gasteiger partial charge in [-0.1, -0.05) is 25.4 Å². The molecule has 1 aliphatic rings. The Morgan fingerprint density at radius 3 is 2.59 bits per heavy atom. The fourth-order valence-corrected chi connectivity index (χ4v) is 3.98. The Hall–Kier alpha value is -3.13. The monoisotopic (exact) mass is 453 g/mol. The lowest BCUT2D eigenvalue weighted by molar-refractivity contribution is 0.222. The summed E-state index contributed by atoms with van der Waals surface area (Å²) in [7, 11) is 0. The molecule has 0 aliphatic carbocycles. The summed E-state index contributed by atoms with van der Waals surface area (Å²) in [5.74, 6) is 1.39. The number of hydrogen-bond donors (Lipinski definition) is 1. The van der Waals surface area contributed by atoms with Crippen LogP contribution in [0.1, 0.15) is 39.4 Å². The van der Waals surface area contributed by atoms with Gasteiger partial charge in [0.05, 0.1) is 24.1 Å². The molecule has 3 heterocycles. The molecule has 9 heteroatoms. The fourth-order valence-electron chi connectivity index (χ4n) is 3.86. The molecule has 2 aromatic heterocycles. The van der Waals surface area contributed by atoms with E-state index < -0.39 is 0 Å². The smallest absolute Gasteiger partial charge is 0.326 e. The summed E-state index contributed by atoms with van der Waals surface area (Å²) in [6.07, 6.45) is 5.41. The minimum Gasteiger partial charge on any atom is -0.346 e. The Bertz CT molecular complexity index is 1080. The number of aromatic nitrogens is 4. The third-order valence-corrected chi connectivity index (χ3v) is 6.02. The number of likely N-dealkylation sites (N-methyl/N-ethyl adjacent to an activating group) is 1. The molecule has 2 amide bonds. The van der Waals surface area contributed by atoms with Crippen molar-refractivity contribution >= 4 is 29.4 Å². The first-order chi connectivity index (χ1) is 15.4. The van der Waals surface area contributed by atoms with Crippen molar-refractivity contribution in [2.75, 3.05) is 23.3 Å². The largest absolute Gasteiger partial charge is 0.346 e. The van der Waals surface area contributed by atoms with Crippen LogP contribution >= 0.6 is 11.6 Å². The Kier molecular flexibility index (Phi) is 6.32. The molecule has 0 radical (unpaired) electrons. The van der Waals surface area contributed by atoms with E-state index in [-0.39, 0.29) is 18.1 Å². The maximum atomic E-state index is 12.9. The summed E-state index contributed by atoms with van der Waals surface area (Å²) in [4.78, 5) is 30.1. The van der Waals surface area contributed by atoms with Crippen LogP contribution in [0, 0.1) is 5.92 Å². The summed E-state index contributed by atoms with van der Waals surface area (Å²) in [5, 5.41) is 4.00. The first-order valence-corrected chi connectivity index (χ1v) is 11.2. The average Bonchev–Trinajstić information content (AvgIpc) is 3.39. The zero-order valence-electron chi connectivity index (χ0n) is 18.7. The normalized spacial score (nSPS) is 17.3. The molecule has 0 spiro atoms. The van der Waals surface area contributed by atoms with Crippen LogP contribution in [0.3, 0.4) is 0 Å². The van der Waals surface area contributed by atoms with E-state index in [1.54, 1.807) is 23.5 Å². The van der Waals surface area contributed by atoms with Crippen LogP contribution in [0.4, 0.5) is 16.6 Å². The standard InChI is InChI=1S/C23H28ClN7O/c1-5-29-13-20(15(2)3)31(23(29)32)21-10-11-25-22(28-21)27-16(4)19-12-30(14-26-19)18-8-6-17(24)7-9-18/h6-12,14-16,20H,5,13H2,1-4H3,(H,25,27,28)/t16?,20-/m1/s1. The van der Waals surface area contributed by atoms with Crippen LogP contribution in [0.2, 0.25) is 5.02 Å². The van der Waals surface area contributed by atoms with Crippen LogP contribution in [-0.2, 0) is 0 Å². The van der Waals surface area contributed by atoms with Crippen LogP contribution in [0.25, 0.3) is 5.69 Å². The zero-order valence-corrected chi connectivity index (χ0v) is 19.5. The van der Waals surface area contributed by atoms with Gasteiger partial charge in [0, 0.05) is 36.2 Å². The summed E-state index contributed by atoms with van der Waals surface area (Å²) in [6.45, 7) is 9.64. The van der Waals surface area contributed by atoms with Gasteiger partial charge in [-0.25, -0.2) is 14.8 Å². The quantitative estimate of drug-likeness (QED) is 0.557. The van der Waals surface area contributed by atoms with Gasteiger partial charge in [0.1, 0.15) is 5.82 Å². The highest BCUT2D eigenvalue weighted by atomic mass is 35.5. The summed E-state index contributed by atoms with van der Waals surface area (Å²) < 4.78 is 1.94. The van der Waals surface area contributed by atoms with E-state index in [1.807, 2.05) is 53.8 Å². The van der Waals surface area contributed by atoms with Gasteiger partial charge in [-0.05, 0) is 50.1 Å². The number of halogens is 1. The lowest BCUT2D eigenvalue weighted by Gasteiger charge is -2.25. The highest BCUT2D eigenvalue weighted by Gasteiger charge is 2.39. The molecule has 0 saturated carbocycles. The lowest BCUT2D eigenvalue weighted by Crippen LogP contribution is -2.38. The molecule has 8 nitrogen and oxygen atoms in total. The van der Waals surface area contributed by atoms with Gasteiger partial charge in [0.15, 0.2) is 0 Å². The van der Waals surface area contributed by atoms with Crippen LogP contribution in [-0.4, -0.2) is 49.6 Å². The second kappa shape index (κ2) is 9.16. The third-order valence-electron chi connectivity index (χ3n) is 5.77. The van der Waals surface area contributed by atoms with Crippen molar-refractivity contribution in [2.24, 2.45) is 5.92 Å². The Labute approximate surface area is 193 Å². The van der Waals surface area contributed by atoms with Crippen molar-refractivity contribution in [1.82, 2.24) is 24.4 Å². The molecule has 32 heavy (non-hydrogen) atoms. The minimum atomic E-state index is -0.124. The van der Waals surface area contributed by atoms with E-state index in [1.165, 1.54) is 0 Å². The van der Waals surface area contributed by atoms with Gasteiger partial charge in [-0.3, -0.25) is 4.90 Å². The topological polar surface area (TPSA) is 79.2 Å². The summed E-state index contributed by atoms with van der Waals surface area (Å²) in [6, 6.07) is 9.32. The van der Waals surface area contributed by atoms with E-state index in [4.69, 9.17) is 11.6 Å². The number of carbonyl (C=O) groups excluding carboxylic acids is 1. The number of urea groups is 1. The van der Waals surface area contributed by atoms with Crippen molar-refractivity contribution in [1.29, 1.82) is 0 Å². The SMILES string of the molecule is CCN1C[C@H](C(C)C)N(c2ccnc(NC(C)c3cn(-c4ccc(Cl)cc4)cn3)n2)C1=O. The molecule has 1 aliphatic heterocycles. The lowest BCUT2D eigenvalue weighted by atomic mass is 10.0. The molecular formula is C23H28ClN7O. The van der Waals surface area contributed by atoms with Crippen LogP contribution in [0.5, 0.6) is 0 Å². The molecule has 4 rings (SSSR count). The molecule has 1 aromatic carbocycles. The second-order valence-corrected chi connectivity index (χ2v) is 8.73. The van der Waals surface area contributed by atoms with Crippen molar-refractivity contribution in [3.63, 3.8) is 0 Å². The van der Waals surface area contributed by atoms with E-state index >= 15 is 0 Å². The number of rotatable bonds is 7. The first-order valence-electron chi connectivity index (χ1n) is 10.8. The maximum Gasteiger partial charge on any atom is 0.326 e. The van der Waals surface area contributed by atoms with Crippen molar-refractivity contribution in [3.8, 4) is 5.69 Å². The van der Waals surface area contributed by atoms with Crippen molar-refractivity contribution < 1.29 is 4.79 Å². The van der Waals surface area contributed by atoms with Gasteiger partial charge < -0.3 is 14.8 Å². The number of anilines is 2. The highest BCUT2D eigenvalue weighted by molar-refractivity contribution is 6.30. The molecule has 1 N–H and O–H groups in total. The molecule has 1 saturated heterocycles. The van der Waals surface area contributed by atoms with E-state index in [2.05, 4.69) is 34.1 Å². The number of benzene rings is 1. The summed E-state index contributed by atoms with van der Waals surface area (Å²) in [5.41, 5.74) is 1.83. The highest BCUT2D eigenvalue weighted by Crippen LogP contribution is 2.28. The average molecular weight is 454 g/mol. The van der Waals surface area contributed by atoms with Crippen molar-refractivity contribution in [2.45, 2.75) is 39.8 Å². The Morgan fingerprint density at radius 1 is 1.16 bits per heavy atom. The molecule has 0 bridgehead atoms. The number of hydrogen-bond acceptors (Lipinski definition) is 5. The number of nitrogens with one attached hydrogen (secondary N) is 1.